The summed E-state index contributed by atoms with van der Waals surface area (Å²) < 4.78 is 1.76. The Hall–Kier alpha value is -3.74. The minimum atomic E-state index is 0.628. The van der Waals surface area contributed by atoms with E-state index in [4.69, 9.17) is 9.82 Å². The third-order valence-corrected chi connectivity index (χ3v) is 4.06. The highest BCUT2D eigenvalue weighted by Crippen LogP contribution is 2.23. The van der Waals surface area contributed by atoms with E-state index in [0.717, 1.165) is 28.2 Å². The van der Waals surface area contributed by atoms with Crippen LogP contribution in [-0.2, 0) is 11.4 Å². The first-order chi connectivity index (χ1) is 13.3. The van der Waals surface area contributed by atoms with Crippen LogP contribution >= 0.6 is 0 Å². The number of nitrogens with one attached hydrogen (secondary N) is 1. The van der Waals surface area contributed by atoms with Gasteiger partial charge in [0.15, 0.2) is 5.65 Å². The van der Waals surface area contributed by atoms with E-state index in [1.807, 2.05) is 54.7 Å². The zero-order chi connectivity index (χ0) is 18.5. The van der Waals surface area contributed by atoms with Gasteiger partial charge in [0.2, 0.25) is 0 Å². The maximum absolute atomic E-state index is 4.80. The fourth-order valence-corrected chi connectivity index (χ4v) is 2.76. The first-order valence-electron chi connectivity index (χ1n) is 8.48. The minimum absolute atomic E-state index is 0.628. The van der Waals surface area contributed by atoms with E-state index in [-0.39, 0.29) is 0 Å². The quantitative estimate of drug-likeness (QED) is 0.422. The number of pyridine rings is 1. The normalized spacial score (nSPS) is 11.1. The zero-order valence-corrected chi connectivity index (χ0v) is 14.8. The van der Waals surface area contributed by atoms with Gasteiger partial charge < -0.3 is 10.2 Å². The van der Waals surface area contributed by atoms with E-state index in [9.17, 15) is 0 Å². The zero-order valence-electron chi connectivity index (χ0n) is 14.8. The SMILES string of the molecule is CO/N=C/c1cnn2c(NCc3cccnc3)cc(-c3ccccc3)nc12. The lowest BCUT2D eigenvalue weighted by Crippen LogP contribution is -2.07. The van der Waals surface area contributed by atoms with Gasteiger partial charge in [0.1, 0.15) is 12.9 Å². The van der Waals surface area contributed by atoms with Crippen molar-refractivity contribution in [2.24, 2.45) is 5.16 Å². The van der Waals surface area contributed by atoms with E-state index in [1.54, 1.807) is 23.1 Å². The van der Waals surface area contributed by atoms with Crippen LogP contribution in [0.15, 0.2) is 72.3 Å². The smallest absolute Gasteiger partial charge is 0.166 e. The van der Waals surface area contributed by atoms with E-state index in [1.165, 1.54) is 7.11 Å². The third kappa shape index (κ3) is 3.62. The van der Waals surface area contributed by atoms with Crippen LogP contribution in [0.1, 0.15) is 11.1 Å². The van der Waals surface area contributed by atoms with Crippen molar-refractivity contribution in [3.05, 3.63) is 78.2 Å². The van der Waals surface area contributed by atoms with Crippen LogP contribution in [0.4, 0.5) is 5.82 Å². The Bertz CT molecular complexity index is 1060. The highest BCUT2D eigenvalue weighted by atomic mass is 16.6. The van der Waals surface area contributed by atoms with Gasteiger partial charge in [-0.3, -0.25) is 4.98 Å². The molecule has 0 unspecified atom stereocenters. The summed E-state index contributed by atoms with van der Waals surface area (Å²) in [6.45, 7) is 0.628. The Morgan fingerprint density at radius 1 is 1.15 bits per heavy atom. The topological polar surface area (TPSA) is 76.7 Å². The molecule has 7 heteroatoms. The van der Waals surface area contributed by atoms with Crippen LogP contribution in [0.5, 0.6) is 0 Å². The average Bonchev–Trinajstić information content (AvgIpc) is 3.15. The molecule has 134 valence electrons. The molecule has 0 amide bonds. The number of oxime groups is 1. The second kappa shape index (κ2) is 7.65. The fraction of sp³-hybridized carbons (Fsp3) is 0.100. The number of benzene rings is 1. The van der Waals surface area contributed by atoms with Gasteiger partial charge in [-0.2, -0.15) is 9.61 Å². The number of hydrogen-bond donors (Lipinski definition) is 1. The molecule has 0 fully saturated rings. The van der Waals surface area contributed by atoms with Crippen LogP contribution < -0.4 is 5.32 Å². The number of nitrogens with zero attached hydrogens (tertiary/aromatic N) is 5. The van der Waals surface area contributed by atoms with Crippen molar-refractivity contribution in [2.75, 3.05) is 12.4 Å². The Kier molecular flexibility index (Phi) is 4.74. The van der Waals surface area contributed by atoms with E-state index in [2.05, 4.69) is 20.6 Å². The largest absolute Gasteiger partial charge is 0.399 e. The summed E-state index contributed by atoms with van der Waals surface area (Å²) in [6.07, 6.45) is 6.92. The Balaban J connectivity index is 1.78. The maximum Gasteiger partial charge on any atom is 0.166 e. The lowest BCUT2D eigenvalue weighted by atomic mass is 10.1. The van der Waals surface area contributed by atoms with Crippen molar-refractivity contribution in [2.45, 2.75) is 6.54 Å². The third-order valence-electron chi connectivity index (χ3n) is 4.06. The molecule has 0 aliphatic carbocycles. The molecule has 3 aromatic heterocycles. The number of aromatic nitrogens is 4. The van der Waals surface area contributed by atoms with Gasteiger partial charge in [-0.05, 0) is 11.6 Å². The molecule has 4 rings (SSSR count). The summed E-state index contributed by atoms with van der Waals surface area (Å²) in [5.41, 5.74) is 4.44. The van der Waals surface area contributed by atoms with Gasteiger partial charge in [-0.1, -0.05) is 41.6 Å². The molecule has 0 spiro atoms. The summed E-state index contributed by atoms with van der Waals surface area (Å²) in [6, 6.07) is 16.0. The molecule has 0 saturated carbocycles. The van der Waals surface area contributed by atoms with Crippen molar-refractivity contribution in [3.63, 3.8) is 0 Å². The molecule has 4 aromatic rings. The molecule has 27 heavy (non-hydrogen) atoms. The van der Waals surface area contributed by atoms with Crippen LogP contribution in [0, 0.1) is 0 Å². The van der Waals surface area contributed by atoms with Crippen molar-refractivity contribution < 1.29 is 4.84 Å². The van der Waals surface area contributed by atoms with Crippen LogP contribution in [0.25, 0.3) is 16.9 Å². The van der Waals surface area contributed by atoms with E-state index >= 15 is 0 Å². The molecule has 3 heterocycles. The highest BCUT2D eigenvalue weighted by molar-refractivity contribution is 5.88. The Labute approximate surface area is 156 Å². The van der Waals surface area contributed by atoms with Crippen LogP contribution in [0.3, 0.4) is 0 Å². The fourth-order valence-electron chi connectivity index (χ4n) is 2.76. The molecule has 0 radical (unpaired) electrons. The predicted octanol–water partition coefficient (Wildman–Crippen LogP) is 3.38. The summed E-state index contributed by atoms with van der Waals surface area (Å²) >= 11 is 0. The molecule has 0 aliphatic heterocycles. The first-order valence-corrected chi connectivity index (χ1v) is 8.48. The Morgan fingerprint density at radius 2 is 2.04 bits per heavy atom. The van der Waals surface area contributed by atoms with Gasteiger partial charge in [0.25, 0.3) is 0 Å². The van der Waals surface area contributed by atoms with Crippen LogP contribution in [-0.4, -0.2) is 32.9 Å². The molecule has 1 aromatic carbocycles. The molecule has 7 nitrogen and oxygen atoms in total. The van der Waals surface area contributed by atoms with E-state index < -0.39 is 0 Å². The molecule has 1 N–H and O–H groups in total. The van der Waals surface area contributed by atoms with Crippen molar-refractivity contribution in [3.8, 4) is 11.3 Å². The minimum Gasteiger partial charge on any atom is -0.399 e. The lowest BCUT2D eigenvalue weighted by Gasteiger charge is -2.11. The first kappa shape index (κ1) is 16.7. The summed E-state index contributed by atoms with van der Waals surface area (Å²) in [7, 11) is 1.51. The maximum atomic E-state index is 4.80. The number of hydrogen-bond acceptors (Lipinski definition) is 6. The van der Waals surface area contributed by atoms with Gasteiger partial charge in [0.05, 0.1) is 23.7 Å². The van der Waals surface area contributed by atoms with Gasteiger partial charge >= 0.3 is 0 Å². The monoisotopic (exact) mass is 358 g/mol. The second-order valence-corrected chi connectivity index (χ2v) is 5.86. The predicted molar refractivity (Wildman–Crippen MR) is 105 cm³/mol. The molecule has 0 aliphatic rings. The number of anilines is 1. The lowest BCUT2D eigenvalue weighted by molar-refractivity contribution is 0.215. The summed E-state index contributed by atoms with van der Waals surface area (Å²) in [4.78, 5) is 13.7. The van der Waals surface area contributed by atoms with Crippen molar-refractivity contribution >= 4 is 17.7 Å². The average molecular weight is 358 g/mol. The summed E-state index contributed by atoms with van der Waals surface area (Å²) in [5.74, 6) is 0.833. The molecule has 0 saturated heterocycles. The van der Waals surface area contributed by atoms with Crippen LogP contribution in [0.2, 0.25) is 0 Å². The molecule has 0 bridgehead atoms. The number of fused-ring (bicyclic) bond motifs is 1. The molecule has 0 atom stereocenters. The van der Waals surface area contributed by atoms with Crippen molar-refractivity contribution in [1.82, 2.24) is 19.6 Å². The second-order valence-electron chi connectivity index (χ2n) is 5.86. The number of rotatable bonds is 6. The highest BCUT2D eigenvalue weighted by Gasteiger charge is 2.12. The van der Waals surface area contributed by atoms with Gasteiger partial charge in [0, 0.05) is 30.6 Å². The molecular formula is C20H18N6O. The standard InChI is InChI=1S/C20H18N6O/c1-27-24-14-17-13-23-26-19(22-12-15-6-5-9-21-11-15)10-18(25-20(17)26)16-7-3-2-4-8-16/h2-11,13-14,22H,12H2,1H3/b24-14+. The Morgan fingerprint density at radius 3 is 2.81 bits per heavy atom. The van der Waals surface area contributed by atoms with Gasteiger partial charge in [-0.15, -0.1) is 0 Å². The molecular weight excluding hydrogens is 340 g/mol. The van der Waals surface area contributed by atoms with E-state index in [0.29, 0.717) is 12.2 Å². The summed E-state index contributed by atoms with van der Waals surface area (Å²) in [5, 5.41) is 11.7. The van der Waals surface area contributed by atoms with Crippen molar-refractivity contribution in [1.29, 1.82) is 0 Å². The van der Waals surface area contributed by atoms with Gasteiger partial charge in [-0.25, -0.2) is 4.98 Å².